The van der Waals surface area contributed by atoms with Crippen LogP contribution in [0.15, 0.2) is 58.1 Å². The van der Waals surface area contributed by atoms with Crippen molar-refractivity contribution < 1.29 is 9.15 Å². The van der Waals surface area contributed by atoms with Crippen molar-refractivity contribution in [2.45, 2.75) is 49.7 Å². The van der Waals surface area contributed by atoms with Crippen LogP contribution in [0.2, 0.25) is 5.02 Å². The fraction of sp³-hybridized carbons (Fsp3) is 0.304. The van der Waals surface area contributed by atoms with Crippen molar-refractivity contribution in [2.24, 2.45) is 0 Å². The van der Waals surface area contributed by atoms with Crippen LogP contribution in [-0.4, -0.2) is 25.0 Å². The number of thioether (sulfide) groups is 1. The van der Waals surface area contributed by atoms with Gasteiger partial charge in [-0.25, -0.2) is 0 Å². The van der Waals surface area contributed by atoms with Gasteiger partial charge in [0.2, 0.25) is 11.8 Å². The summed E-state index contributed by atoms with van der Waals surface area (Å²) in [6.45, 7) is 4.38. The Balaban J connectivity index is 1.31. The molecule has 0 bridgehead atoms. The van der Waals surface area contributed by atoms with Crippen LogP contribution in [-0.2, 0) is 6.61 Å². The zero-order valence-corrected chi connectivity index (χ0v) is 19.3. The lowest BCUT2D eigenvalue weighted by molar-refractivity contribution is 0.288. The smallest absolute Gasteiger partial charge is 0.247 e. The molecule has 0 saturated heterocycles. The highest BCUT2D eigenvalue weighted by molar-refractivity contribution is 7.99. The molecule has 2 aromatic carbocycles. The molecular formula is C23H22ClN5O2S. The van der Waals surface area contributed by atoms with E-state index in [9.17, 15) is 0 Å². The molecule has 0 amide bonds. The van der Waals surface area contributed by atoms with Gasteiger partial charge in [-0.2, -0.15) is 0 Å². The molecule has 4 aromatic rings. The maximum Gasteiger partial charge on any atom is 0.247 e. The van der Waals surface area contributed by atoms with E-state index in [-0.39, 0.29) is 5.25 Å². The molecule has 1 unspecified atom stereocenters. The van der Waals surface area contributed by atoms with Gasteiger partial charge in [0.25, 0.3) is 0 Å². The monoisotopic (exact) mass is 467 g/mol. The number of hydrogen-bond acceptors (Lipinski definition) is 7. The predicted octanol–water partition coefficient (Wildman–Crippen LogP) is 6.06. The van der Waals surface area contributed by atoms with Gasteiger partial charge in [0.1, 0.15) is 12.4 Å². The third-order valence-electron chi connectivity index (χ3n) is 5.21. The Bertz CT molecular complexity index is 1220. The molecule has 5 rings (SSSR count). The van der Waals surface area contributed by atoms with Crippen molar-refractivity contribution >= 4 is 23.4 Å². The summed E-state index contributed by atoms with van der Waals surface area (Å²) in [5, 5.41) is 18.6. The van der Waals surface area contributed by atoms with Crippen molar-refractivity contribution in [3.63, 3.8) is 0 Å². The first kappa shape index (κ1) is 21.0. The lowest BCUT2D eigenvalue weighted by atomic mass is 10.1. The van der Waals surface area contributed by atoms with Crippen LogP contribution in [0.4, 0.5) is 0 Å². The van der Waals surface area contributed by atoms with Crippen molar-refractivity contribution in [3.8, 4) is 17.2 Å². The summed E-state index contributed by atoms with van der Waals surface area (Å²) in [5.41, 5.74) is 2.10. The maximum atomic E-state index is 6.21. The van der Waals surface area contributed by atoms with E-state index in [1.807, 2.05) is 56.3 Å². The van der Waals surface area contributed by atoms with Crippen LogP contribution < -0.4 is 4.74 Å². The van der Waals surface area contributed by atoms with Gasteiger partial charge in [-0.05, 0) is 51.0 Å². The molecule has 1 aliphatic carbocycles. The second-order valence-electron chi connectivity index (χ2n) is 7.79. The number of aryl methyl sites for hydroxylation is 1. The first-order valence-corrected chi connectivity index (χ1v) is 11.7. The molecule has 0 radical (unpaired) electrons. The Morgan fingerprint density at radius 1 is 1.09 bits per heavy atom. The van der Waals surface area contributed by atoms with E-state index in [1.54, 1.807) is 17.8 Å². The summed E-state index contributed by atoms with van der Waals surface area (Å²) in [4.78, 5) is 0. The molecule has 0 N–H and O–H groups in total. The molecule has 9 heteroatoms. The van der Waals surface area contributed by atoms with Gasteiger partial charge in [-0.3, -0.25) is 4.57 Å². The third kappa shape index (κ3) is 4.52. The van der Waals surface area contributed by atoms with Gasteiger partial charge >= 0.3 is 0 Å². The number of halogens is 1. The van der Waals surface area contributed by atoms with Crippen LogP contribution in [0, 0.1) is 6.92 Å². The molecule has 1 saturated carbocycles. The molecule has 164 valence electrons. The average molecular weight is 468 g/mol. The largest absolute Gasteiger partial charge is 0.484 e. The highest BCUT2D eigenvalue weighted by atomic mass is 35.5. The van der Waals surface area contributed by atoms with E-state index in [0.29, 0.717) is 35.2 Å². The summed E-state index contributed by atoms with van der Waals surface area (Å²) in [6, 6.07) is 15.8. The van der Waals surface area contributed by atoms with E-state index >= 15 is 0 Å². The molecule has 0 aliphatic heterocycles. The molecule has 1 fully saturated rings. The number of rotatable bonds is 8. The summed E-state index contributed by atoms with van der Waals surface area (Å²) in [6.07, 6.45) is 2.22. The average Bonchev–Trinajstić information content (AvgIpc) is 3.36. The summed E-state index contributed by atoms with van der Waals surface area (Å²) < 4.78 is 14.0. The lowest BCUT2D eigenvalue weighted by Crippen LogP contribution is -2.07. The molecule has 0 spiro atoms. The van der Waals surface area contributed by atoms with Crippen LogP contribution >= 0.6 is 23.4 Å². The number of para-hydroxylation sites is 1. The van der Waals surface area contributed by atoms with E-state index in [2.05, 4.69) is 25.0 Å². The van der Waals surface area contributed by atoms with Gasteiger partial charge in [-0.15, -0.1) is 20.4 Å². The van der Waals surface area contributed by atoms with Crippen molar-refractivity contribution in [1.82, 2.24) is 25.0 Å². The van der Waals surface area contributed by atoms with Crippen LogP contribution in [0.25, 0.3) is 11.5 Å². The molecule has 1 aliphatic rings. The standard InChI is InChI=1S/C23H22ClN5O2S/c1-14-7-9-16(10-8-14)22-27-26-21(31-22)15(2)32-23-28-25-20(29(23)17-11-12-17)13-30-19-6-4-3-5-18(19)24/h3-10,15,17H,11-13H2,1-2H3. The Hall–Kier alpha value is -2.84. The number of hydrogen-bond donors (Lipinski definition) is 0. The highest BCUT2D eigenvalue weighted by Gasteiger charge is 2.31. The van der Waals surface area contributed by atoms with Crippen LogP contribution in [0.1, 0.15) is 48.3 Å². The fourth-order valence-electron chi connectivity index (χ4n) is 3.31. The maximum absolute atomic E-state index is 6.21. The topological polar surface area (TPSA) is 78.9 Å². The molecular weight excluding hydrogens is 446 g/mol. The predicted molar refractivity (Wildman–Crippen MR) is 123 cm³/mol. The second-order valence-corrected chi connectivity index (χ2v) is 9.51. The SMILES string of the molecule is Cc1ccc(-c2nnc(C(C)Sc3nnc(COc4ccccc4Cl)n3C3CC3)o2)cc1. The second kappa shape index (κ2) is 8.96. The summed E-state index contributed by atoms with van der Waals surface area (Å²) in [5.74, 6) is 2.50. The Morgan fingerprint density at radius 3 is 2.62 bits per heavy atom. The molecule has 2 aromatic heterocycles. The molecule has 2 heterocycles. The summed E-state index contributed by atoms with van der Waals surface area (Å²) in [7, 11) is 0. The zero-order valence-electron chi connectivity index (χ0n) is 17.7. The lowest BCUT2D eigenvalue weighted by Gasteiger charge is -2.12. The van der Waals surface area contributed by atoms with Gasteiger partial charge in [0.15, 0.2) is 11.0 Å². The normalized spacial score (nSPS) is 14.5. The molecule has 7 nitrogen and oxygen atoms in total. The Morgan fingerprint density at radius 2 is 1.88 bits per heavy atom. The number of aromatic nitrogens is 5. The van der Waals surface area contributed by atoms with Gasteiger partial charge in [-0.1, -0.05) is 53.2 Å². The van der Waals surface area contributed by atoms with E-state index < -0.39 is 0 Å². The quantitative estimate of drug-likeness (QED) is 0.291. The Kier molecular flexibility index (Phi) is 5.89. The highest BCUT2D eigenvalue weighted by Crippen LogP contribution is 2.42. The Labute approximate surface area is 195 Å². The molecule has 32 heavy (non-hydrogen) atoms. The van der Waals surface area contributed by atoms with Crippen molar-refractivity contribution in [3.05, 3.63) is 70.8 Å². The van der Waals surface area contributed by atoms with Gasteiger partial charge in [0, 0.05) is 11.6 Å². The summed E-state index contributed by atoms with van der Waals surface area (Å²) >= 11 is 7.77. The van der Waals surface area contributed by atoms with Crippen molar-refractivity contribution in [2.75, 3.05) is 0 Å². The van der Waals surface area contributed by atoms with Crippen molar-refractivity contribution in [1.29, 1.82) is 0 Å². The van der Waals surface area contributed by atoms with Crippen LogP contribution in [0.5, 0.6) is 5.75 Å². The number of nitrogens with zero attached hydrogens (tertiary/aromatic N) is 5. The fourth-order valence-corrected chi connectivity index (χ4v) is 4.47. The van der Waals surface area contributed by atoms with Gasteiger partial charge < -0.3 is 9.15 Å². The number of benzene rings is 2. The third-order valence-corrected chi connectivity index (χ3v) is 6.57. The number of ether oxygens (including phenoxy) is 1. The van der Waals surface area contributed by atoms with Gasteiger partial charge in [0.05, 0.1) is 10.3 Å². The minimum absolute atomic E-state index is 0.0688. The first-order chi connectivity index (χ1) is 15.6. The van der Waals surface area contributed by atoms with Crippen LogP contribution in [0.3, 0.4) is 0 Å². The first-order valence-electron chi connectivity index (χ1n) is 10.5. The molecule has 1 atom stereocenters. The van der Waals surface area contributed by atoms with E-state index in [0.717, 1.165) is 29.4 Å². The minimum atomic E-state index is -0.0688. The van der Waals surface area contributed by atoms with E-state index in [4.69, 9.17) is 20.8 Å². The zero-order chi connectivity index (χ0) is 22.1. The van der Waals surface area contributed by atoms with E-state index in [1.165, 1.54) is 5.56 Å². The minimum Gasteiger partial charge on any atom is -0.484 e.